The molecule has 1 fully saturated rings. The molecule has 0 saturated carbocycles. The Morgan fingerprint density at radius 2 is 1.02 bits per heavy atom. The number of rotatable bonds is 38. The van der Waals surface area contributed by atoms with Crippen molar-refractivity contribution >= 4 is 5.91 Å². The van der Waals surface area contributed by atoms with Crippen LogP contribution in [0, 0.1) is 0 Å². The highest BCUT2D eigenvalue weighted by Gasteiger charge is 2.44. The van der Waals surface area contributed by atoms with Gasteiger partial charge in [0, 0.05) is 6.42 Å². The molecule has 1 saturated heterocycles. The summed E-state index contributed by atoms with van der Waals surface area (Å²) in [4.78, 5) is 12.9. The van der Waals surface area contributed by atoms with Gasteiger partial charge in [-0.1, -0.05) is 172 Å². The first-order chi connectivity index (χ1) is 27.3. The van der Waals surface area contributed by atoms with Gasteiger partial charge in [-0.05, 0) is 57.8 Å². The molecule has 56 heavy (non-hydrogen) atoms. The van der Waals surface area contributed by atoms with E-state index in [1.165, 1.54) is 122 Å². The molecule has 9 heteroatoms. The zero-order chi connectivity index (χ0) is 40.9. The molecule has 1 amide bonds. The summed E-state index contributed by atoms with van der Waals surface area (Å²) in [6.45, 7) is 3.73. The van der Waals surface area contributed by atoms with Crippen molar-refractivity contribution in [2.75, 3.05) is 13.2 Å². The minimum absolute atomic E-state index is 0.197. The molecular weight excluding hydrogens is 707 g/mol. The molecule has 0 spiro atoms. The molecule has 9 nitrogen and oxygen atoms in total. The van der Waals surface area contributed by atoms with Crippen LogP contribution >= 0.6 is 0 Å². The van der Waals surface area contributed by atoms with Crippen molar-refractivity contribution in [2.45, 2.75) is 243 Å². The SMILES string of the molecule is CCCCCC/C=C\CCCCCCCC(=O)NC(COC1OC(CO)C(O)C(O)C1O)C(O)/C=C/CC/C=C/CCCCCCCCCCCCCCCC. The molecule has 0 aromatic heterocycles. The van der Waals surface area contributed by atoms with Crippen LogP contribution in [0.3, 0.4) is 0 Å². The maximum Gasteiger partial charge on any atom is 0.220 e. The van der Waals surface area contributed by atoms with E-state index in [0.29, 0.717) is 6.42 Å². The number of aliphatic hydroxyl groups is 5. The fourth-order valence-corrected chi connectivity index (χ4v) is 7.17. The summed E-state index contributed by atoms with van der Waals surface area (Å²) in [6.07, 6.45) is 39.1. The van der Waals surface area contributed by atoms with Gasteiger partial charge in [0.1, 0.15) is 24.4 Å². The van der Waals surface area contributed by atoms with Crippen LogP contribution in [0.1, 0.15) is 200 Å². The highest BCUT2D eigenvalue weighted by atomic mass is 16.7. The van der Waals surface area contributed by atoms with E-state index < -0.39 is 49.5 Å². The Morgan fingerprint density at radius 3 is 1.52 bits per heavy atom. The van der Waals surface area contributed by atoms with Gasteiger partial charge in [-0.25, -0.2) is 0 Å². The lowest BCUT2D eigenvalue weighted by Gasteiger charge is -2.40. The summed E-state index contributed by atoms with van der Waals surface area (Å²) in [5.41, 5.74) is 0. The molecule has 0 aromatic carbocycles. The second kappa shape index (κ2) is 37.7. The number of nitrogens with one attached hydrogen (secondary N) is 1. The van der Waals surface area contributed by atoms with Crippen molar-refractivity contribution in [1.82, 2.24) is 5.32 Å². The molecule has 0 radical (unpaired) electrons. The largest absolute Gasteiger partial charge is 0.394 e. The van der Waals surface area contributed by atoms with Gasteiger partial charge < -0.3 is 40.3 Å². The summed E-state index contributed by atoms with van der Waals surface area (Å²) in [5.74, 6) is -0.197. The topological polar surface area (TPSA) is 149 Å². The molecular formula is C47H87NO8. The second-order valence-electron chi connectivity index (χ2n) is 16.2. The lowest BCUT2D eigenvalue weighted by molar-refractivity contribution is -0.302. The summed E-state index contributed by atoms with van der Waals surface area (Å²) in [6, 6.07) is -0.823. The molecule has 0 bridgehead atoms. The van der Waals surface area contributed by atoms with Gasteiger partial charge in [0.15, 0.2) is 6.29 Å². The standard InChI is InChI=1S/C47H87NO8/c1-3-5-7-9-11-13-15-17-18-19-20-21-22-23-25-26-28-30-32-34-36-41(50)40(39-55-47-46(54)45(53)44(52)42(38-49)56-47)48-43(51)37-35-33-31-29-27-24-16-14-12-10-8-6-4-2/h14,16,26,28,34,36,40-42,44-47,49-50,52-54H,3-13,15,17-25,27,29-33,35,37-39H2,1-2H3,(H,48,51)/b16-14-,28-26+,36-34+. The summed E-state index contributed by atoms with van der Waals surface area (Å²) in [7, 11) is 0. The summed E-state index contributed by atoms with van der Waals surface area (Å²) < 4.78 is 11.2. The number of carbonyl (C=O) groups excluding carboxylic acids is 1. The van der Waals surface area contributed by atoms with E-state index in [1.54, 1.807) is 6.08 Å². The first kappa shape index (κ1) is 52.4. The third kappa shape index (κ3) is 27.9. The zero-order valence-corrected chi connectivity index (χ0v) is 35.9. The van der Waals surface area contributed by atoms with Crippen LogP contribution in [0.2, 0.25) is 0 Å². The van der Waals surface area contributed by atoms with Gasteiger partial charge in [0.25, 0.3) is 0 Å². The number of ether oxygens (including phenoxy) is 2. The Kier molecular flexibility index (Phi) is 35.3. The van der Waals surface area contributed by atoms with Gasteiger partial charge in [-0.15, -0.1) is 0 Å². The molecule has 1 aliphatic heterocycles. The number of amides is 1. The van der Waals surface area contributed by atoms with E-state index in [0.717, 1.165) is 57.8 Å². The Balaban J connectivity index is 2.37. The fraction of sp³-hybridized carbons (Fsp3) is 0.851. The smallest absolute Gasteiger partial charge is 0.220 e. The number of hydrogen-bond donors (Lipinski definition) is 6. The molecule has 1 aliphatic rings. The van der Waals surface area contributed by atoms with Crippen molar-refractivity contribution < 1.29 is 39.8 Å². The van der Waals surface area contributed by atoms with Crippen LogP contribution in [-0.2, 0) is 14.3 Å². The molecule has 1 heterocycles. The van der Waals surface area contributed by atoms with Crippen LogP contribution in [0.5, 0.6) is 0 Å². The number of allylic oxidation sites excluding steroid dienone is 5. The minimum Gasteiger partial charge on any atom is -0.394 e. The van der Waals surface area contributed by atoms with Gasteiger partial charge in [-0.3, -0.25) is 4.79 Å². The maximum atomic E-state index is 12.9. The average molecular weight is 794 g/mol. The van der Waals surface area contributed by atoms with Gasteiger partial charge >= 0.3 is 0 Å². The van der Waals surface area contributed by atoms with Crippen LogP contribution in [0.25, 0.3) is 0 Å². The lowest BCUT2D eigenvalue weighted by Crippen LogP contribution is -2.60. The molecule has 6 N–H and O–H groups in total. The van der Waals surface area contributed by atoms with Gasteiger partial charge in [0.2, 0.25) is 5.91 Å². The Hall–Kier alpha value is -1.59. The normalized spacial score (nSPS) is 21.4. The third-order valence-corrected chi connectivity index (χ3v) is 10.9. The third-order valence-electron chi connectivity index (χ3n) is 10.9. The molecule has 328 valence electrons. The zero-order valence-electron chi connectivity index (χ0n) is 35.9. The predicted molar refractivity (Wildman–Crippen MR) is 230 cm³/mol. The van der Waals surface area contributed by atoms with E-state index in [4.69, 9.17) is 9.47 Å². The molecule has 7 atom stereocenters. The number of carbonyl (C=O) groups is 1. The first-order valence-electron chi connectivity index (χ1n) is 23.2. The molecule has 0 aliphatic carbocycles. The predicted octanol–water partition coefficient (Wildman–Crippen LogP) is 9.67. The van der Waals surface area contributed by atoms with Crippen molar-refractivity contribution in [1.29, 1.82) is 0 Å². The van der Waals surface area contributed by atoms with Gasteiger partial charge in [0.05, 0.1) is 25.4 Å². The number of unbranched alkanes of at least 4 members (excludes halogenated alkanes) is 24. The van der Waals surface area contributed by atoms with E-state index >= 15 is 0 Å². The van der Waals surface area contributed by atoms with Crippen LogP contribution < -0.4 is 5.32 Å². The average Bonchev–Trinajstić information content (AvgIpc) is 3.20. The van der Waals surface area contributed by atoms with E-state index in [-0.39, 0.29) is 12.5 Å². The van der Waals surface area contributed by atoms with E-state index in [1.807, 2.05) is 6.08 Å². The molecule has 7 unspecified atom stereocenters. The van der Waals surface area contributed by atoms with Crippen molar-refractivity contribution in [2.24, 2.45) is 0 Å². The van der Waals surface area contributed by atoms with E-state index in [2.05, 4.69) is 43.5 Å². The second-order valence-corrected chi connectivity index (χ2v) is 16.2. The Morgan fingerprint density at radius 1 is 0.589 bits per heavy atom. The van der Waals surface area contributed by atoms with Crippen molar-refractivity contribution in [3.63, 3.8) is 0 Å². The lowest BCUT2D eigenvalue weighted by atomic mass is 9.99. The Labute approximate surface area is 342 Å². The van der Waals surface area contributed by atoms with Gasteiger partial charge in [-0.2, -0.15) is 0 Å². The van der Waals surface area contributed by atoms with E-state index in [9.17, 15) is 30.3 Å². The fourth-order valence-electron chi connectivity index (χ4n) is 7.17. The van der Waals surface area contributed by atoms with Crippen LogP contribution in [0.4, 0.5) is 0 Å². The quantitative estimate of drug-likeness (QED) is 0.0268. The highest BCUT2D eigenvalue weighted by Crippen LogP contribution is 2.22. The monoisotopic (exact) mass is 794 g/mol. The van der Waals surface area contributed by atoms with Crippen LogP contribution in [-0.4, -0.2) is 87.5 Å². The van der Waals surface area contributed by atoms with Crippen LogP contribution in [0.15, 0.2) is 36.5 Å². The maximum absolute atomic E-state index is 12.9. The Bertz CT molecular complexity index is 972. The molecule has 1 rings (SSSR count). The number of aliphatic hydroxyl groups excluding tert-OH is 5. The number of hydrogen-bond acceptors (Lipinski definition) is 8. The summed E-state index contributed by atoms with van der Waals surface area (Å²) >= 11 is 0. The minimum atomic E-state index is -1.57. The highest BCUT2D eigenvalue weighted by molar-refractivity contribution is 5.76. The van der Waals surface area contributed by atoms with Crippen molar-refractivity contribution in [3.05, 3.63) is 36.5 Å². The molecule has 0 aromatic rings. The summed E-state index contributed by atoms with van der Waals surface area (Å²) in [5, 5.41) is 54.1. The van der Waals surface area contributed by atoms with Crippen molar-refractivity contribution in [3.8, 4) is 0 Å². The first-order valence-corrected chi connectivity index (χ1v) is 23.2.